The Balaban J connectivity index is 2.08. The summed E-state index contributed by atoms with van der Waals surface area (Å²) in [6.07, 6.45) is 2.91. The normalized spacial score (nSPS) is 15.5. The van der Waals surface area contributed by atoms with Crippen molar-refractivity contribution in [3.8, 4) is 0 Å². The van der Waals surface area contributed by atoms with Gasteiger partial charge in [0.15, 0.2) is 9.84 Å². The number of nitrogens with zero attached hydrogens (tertiary/aromatic N) is 1. The largest absolute Gasteiger partial charge is 0.480 e. The number of carbonyl (C=O) groups is 2. The van der Waals surface area contributed by atoms with Gasteiger partial charge in [-0.25, -0.2) is 8.42 Å². The highest BCUT2D eigenvalue weighted by atomic mass is 32.2. The molecule has 0 radical (unpaired) electrons. The first-order chi connectivity index (χ1) is 10.9. The topological polar surface area (TPSA) is 91.8 Å². The summed E-state index contributed by atoms with van der Waals surface area (Å²) in [5, 5.41) is 8.51. The van der Waals surface area contributed by atoms with Gasteiger partial charge < -0.3 is 10.0 Å². The van der Waals surface area contributed by atoms with Gasteiger partial charge in [0.05, 0.1) is 5.25 Å². The van der Waals surface area contributed by atoms with Crippen LogP contribution in [0.5, 0.6) is 0 Å². The third kappa shape index (κ3) is 5.06. The molecule has 1 aliphatic rings. The van der Waals surface area contributed by atoms with Crippen molar-refractivity contribution in [2.75, 3.05) is 12.3 Å². The highest BCUT2D eigenvalue weighted by molar-refractivity contribution is 7.92. The van der Waals surface area contributed by atoms with E-state index in [0.29, 0.717) is 12.8 Å². The van der Waals surface area contributed by atoms with Crippen LogP contribution in [0.1, 0.15) is 31.2 Å². The lowest BCUT2D eigenvalue weighted by Crippen LogP contribution is -2.40. The molecule has 126 valence electrons. The van der Waals surface area contributed by atoms with E-state index in [1.165, 1.54) is 0 Å². The average Bonchev–Trinajstić information content (AvgIpc) is 3.02. The lowest BCUT2D eigenvalue weighted by atomic mass is 10.2. The first-order valence-electron chi connectivity index (χ1n) is 7.63. The second-order valence-corrected chi connectivity index (χ2v) is 8.12. The van der Waals surface area contributed by atoms with Crippen molar-refractivity contribution in [2.24, 2.45) is 0 Å². The SMILES string of the molecule is O=C(O)CN(Cc1ccccc1)C(=O)CS(=O)(=O)C1CCCC1. The molecule has 1 amide bonds. The Morgan fingerprint density at radius 1 is 1.13 bits per heavy atom. The Kier molecular flexibility index (Phi) is 5.76. The summed E-state index contributed by atoms with van der Waals surface area (Å²) in [5.74, 6) is -2.42. The molecule has 0 heterocycles. The molecule has 23 heavy (non-hydrogen) atoms. The maximum Gasteiger partial charge on any atom is 0.323 e. The summed E-state index contributed by atoms with van der Waals surface area (Å²) in [4.78, 5) is 24.4. The molecule has 1 fully saturated rings. The number of carboxylic acid groups (broad SMARTS) is 1. The minimum absolute atomic E-state index is 0.0894. The lowest BCUT2D eigenvalue weighted by molar-refractivity contribution is -0.143. The van der Waals surface area contributed by atoms with Crippen molar-refractivity contribution in [3.63, 3.8) is 0 Å². The number of hydrogen-bond acceptors (Lipinski definition) is 4. The quantitative estimate of drug-likeness (QED) is 0.812. The van der Waals surface area contributed by atoms with Gasteiger partial charge >= 0.3 is 5.97 Å². The predicted molar refractivity (Wildman–Crippen MR) is 85.5 cm³/mol. The van der Waals surface area contributed by atoms with Crippen molar-refractivity contribution in [3.05, 3.63) is 35.9 Å². The third-order valence-electron chi connectivity index (χ3n) is 4.03. The van der Waals surface area contributed by atoms with E-state index in [2.05, 4.69) is 0 Å². The van der Waals surface area contributed by atoms with E-state index in [4.69, 9.17) is 5.11 Å². The molecular weight excluding hydrogens is 318 g/mol. The van der Waals surface area contributed by atoms with Crippen molar-refractivity contribution in [1.82, 2.24) is 4.90 Å². The molecule has 6 nitrogen and oxygen atoms in total. The Morgan fingerprint density at radius 3 is 2.30 bits per heavy atom. The summed E-state index contributed by atoms with van der Waals surface area (Å²) in [5.41, 5.74) is 0.764. The summed E-state index contributed by atoms with van der Waals surface area (Å²) in [6, 6.07) is 8.93. The summed E-state index contributed by atoms with van der Waals surface area (Å²) >= 11 is 0. The minimum Gasteiger partial charge on any atom is -0.480 e. The van der Waals surface area contributed by atoms with Crippen molar-refractivity contribution in [1.29, 1.82) is 0 Å². The molecule has 0 unspecified atom stereocenters. The standard InChI is InChI=1S/C16H21NO5S/c18-15(12-23(21,22)14-8-4-5-9-14)17(11-16(19)20)10-13-6-2-1-3-7-13/h1-3,6-7,14H,4-5,8-12H2,(H,19,20). The first-order valence-corrected chi connectivity index (χ1v) is 9.35. The highest BCUT2D eigenvalue weighted by Gasteiger charge is 2.32. The lowest BCUT2D eigenvalue weighted by Gasteiger charge is -2.22. The third-order valence-corrected chi connectivity index (χ3v) is 6.17. The van der Waals surface area contributed by atoms with E-state index in [0.717, 1.165) is 23.3 Å². The molecule has 0 spiro atoms. The second kappa shape index (κ2) is 7.59. The Morgan fingerprint density at radius 2 is 1.74 bits per heavy atom. The Labute approximate surface area is 136 Å². The molecule has 7 heteroatoms. The van der Waals surface area contributed by atoms with Gasteiger partial charge in [0.2, 0.25) is 5.91 Å². The number of carbonyl (C=O) groups excluding carboxylic acids is 1. The average molecular weight is 339 g/mol. The zero-order valence-electron chi connectivity index (χ0n) is 12.8. The predicted octanol–water partition coefficient (Wildman–Crippen LogP) is 1.46. The van der Waals surface area contributed by atoms with Crippen LogP contribution < -0.4 is 0 Å². The molecule has 1 aromatic rings. The van der Waals surface area contributed by atoms with E-state index in [1.54, 1.807) is 24.3 Å². The summed E-state index contributed by atoms with van der Waals surface area (Å²) < 4.78 is 24.6. The van der Waals surface area contributed by atoms with Crippen LogP contribution in [-0.4, -0.2) is 47.8 Å². The molecule has 1 aliphatic carbocycles. The van der Waals surface area contributed by atoms with Crippen molar-refractivity contribution < 1.29 is 23.1 Å². The Bertz CT molecular complexity index is 650. The van der Waals surface area contributed by atoms with Crippen molar-refractivity contribution in [2.45, 2.75) is 37.5 Å². The number of amides is 1. The zero-order valence-corrected chi connectivity index (χ0v) is 13.7. The zero-order chi connectivity index (χ0) is 16.9. The number of hydrogen-bond donors (Lipinski definition) is 1. The van der Waals surface area contributed by atoms with E-state index >= 15 is 0 Å². The number of sulfone groups is 1. The minimum atomic E-state index is -3.52. The van der Waals surface area contributed by atoms with E-state index < -0.39 is 39.3 Å². The monoisotopic (exact) mass is 339 g/mol. The van der Waals surface area contributed by atoms with Gasteiger partial charge in [-0.1, -0.05) is 43.2 Å². The van der Waals surface area contributed by atoms with Crippen LogP contribution in [-0.2, 0) is 26.0 Å². The smallest absolute Gasteiger partial charge is 0.323 e. The molecule has 0 saturated heterocycles. The highest BCUT2D eigenvalue weighted by Crippen LogP contribution is 2.25. The maximum atomic E-state index is 12.3. The fourth-order valence-electron chi connectivity index (χ4n) is 2.83. The fraction of sp³-hybridized carbons (Fsp3) is 0.500. The van der Waals surface area contributed by atoms with Gasteiger partial charge in [0.1, 0.15) is 12.3 Å². The van der Waals surface area contributed by atoms with Crippen LogP contribution in [0.3, 0.4) is 0 Å². The number of carboxylic acids is 1. The fourth-order valence-corrected chi connectivity index (χ4v) is 4.64. The Hall–Kier alpha value is -1.89. The van der Waals surface area contributed by atoms with Crippen molar-refractivity contribution >= 4 is 21.7 Å². The van der Waals surface area contributed by atoms with Gasteiger partial charge in [-0.3, -0.25) is 9.59 Å². The van der Waals surface area contributed by atoms with Crippen LogP contribution in [0.15, 0.2) is 30.3 Å². The van der Waals surface area contributed by atoms with Crippen LogP contribution >= 0.6 is 0 Å². The van der Waals surface area contributed by atoms with E-state index in [1.807, 2.05) is 6.07 Å². The maximum absolute atomic E-state index is 12.3. The molecular formula is C16H21NO5S. The van der Waals surface area contributed by atoms with Crippen LogP contribution in [0.4, 0.5) is 0 Å². The summed E-state index contributed by atoms with van der Waals surface area (Å²) in [6.45, 7) is -0.417. The van der Waals surface area contributed by atoms with Gasteiger partial charge in [-0.2, -0.15) is 0 Å². The van der Waals surface area contributed by atoms with Crippen LogP contribution in [0.25, 0.3) is 0 Å². The molecule has 0 atom stereocenters. The van der Waals surface area contributed by atoms with E-state index in [-0.39, 0.29) is 6.54 Å². The number of benzene rings is 1. The second-order valence-electron chi connectivity index (χ2n) is 5.84. The van der Waals surface area contributed by atoms with Crippen LogP contribution in [0.2, 0.25) is 0 Å². The van der Waals surface area contributed by atoms with Crippen LogP contribution in [0, 0.1) is 0 Å². The molecule has 1 N–H and O–H groups in total. The molecule has 0 bridgehead atoms. The molecule has 2 rings (SSSR count). The van der Waals surface area contributed by atoms with Gasteiger partial charge in [-0.15, -0.1) is 0 Å². The van der Waals surface area contributed by atoms with Gasteiger partial charge in [-0.05, 0) is 18.4 Å². The molecule has 1 aromatic carbocycles. The first kappa shape index (κ1) is 17.5. The molecule has 1 saturated carbocycles. The summed E-state index contributed by atoms with van der Waals surface area (Å²) in [7, 11) is -3.52. The van der Waals surface area contributed by atoms with E-state index in [9.17, 15) is 18.0 Å². The van der Waals surface area contributed by atoms with Gasteiger partial charge in [0, 0.05) is 6.54 Å². The molecule has 0 aliphatic heterocycles. The molecule has 0 aromatic heterocycles. The number of aliphatic carboxylic acids is 1. The van der Waals surface area contributed by atoms with Gasteiger partial charge in [0.25, 0.3) is 0 Å². The number of rotatable bonds is 7.